The number of rotatable bonds is 5. The van der Waals surface area contributed by atoms with Crippen molar-refractivity contribution in [3.8, 4) is 12.3 Å². The molecule has 102 valence electrons. The topological polar surface area (TPSA) is 15.3 Å². The van der Waals surface area contributed by atoms with Gasteiger partial charge in [0, 0.05) is 19.1 Å². The van der Waals surface area contributed by atoms with E-state index >= 15 is 0 Å². The first kappa shape index (κ1) is 14.1. The van der Waals surface area contributed by atoms with Crippen molar-refractivity contribution >= 4 is 0 Å². The molecule has 0 amide bonds. The van der Waals surface area contributed by atoms with E-state index in [0.29, 0.717) is 6.04 Å². The molecule has 2 nitrogen and oxygen atoms in total. The molecule has 1 aromatic rings. The van der Waals surface area contributed by atoms with Crippen LogP contribution in [-0.4, -0.2) is 37.1 Å². The van der Waals surface area contributed by atoms with Gasteiger partial charge < -0.3 is 5.32 Å². The third kappa shape index (κ3) is 4.38. The van der Waals surface area contributed by atoms with E-state index in [2.05, 4.69) is 47.3 Å². The Kier molecular flexibility index (Phi) is 5.44. The minimum absolute atomic E-state index is 0.665. The molecule has 1 aliphatic heterocycles. The molecule has 0 saturated carbocycles. The monoisotopic (exact) mass is 256 g/mol. The summed E-state index contributed by atoms with van der Waals surface area (Å²) in [6.45, 7) is 6.33. The predicted octanol–water partition coefficient (Wildman–Crippen LogP) is 2.22. The summed E-state index contributed by atoms with van der Waals surface area (Å²) >= 11 is 0. The minimum Gasteiger partial charge on any atom is -0.314 e. The molecule has 1 aromatic carbocycles. The zero-order chi connectivity index (χ0) is 13.5. The van der Waals surface area contributed by atoms with Crippen molar-refractivity contribution < 1.29 is 0 Å². The molecule has 0 aliphatic carbocycles. The van der Waals surface area contributed by atoms with Gasteiger partial charge in [-0.15, -0.1) is 6.42 Å². The number of likely N-dealkylation sites (tertiary alicyclic amines) is 1. The fraction of sp³-hybridized carbons (Fsp3) is 0.529. The second-order valence-electron chi connectivity index (χ2n) is 5.39. The van der Waals surface area contributed by atoms with Gasteiger partial charge in [-0.25, -0.2) is 0 Å². The van der Waals surface area contributed by atoms with E-state index in [1.807, 2.05) is 0 Å². The van der Waals surface area contributed by atoms with E-state index < -0.39 is 0 Å². The average Bonchev–Trinajstić information content (AvgIpc) is 2.43. The molecular formula is C17H24N2. The van der Waals surface area contributed by atoms with Crippen LogP contribution < -0.4 is 5.32 Å². The molecule has 1 N–H and O–H groups in total. The molecule has 1 heterocycles. The van der Waals surface area contributed by atoms with Crippen molar-refractivity contribution in [3.05, 3.63) is 35.4 Å². The molecule has 1 saturated heterocycles. The number of aryl methyl sites for hydroxylation is 1. The highest BCUT2D eigenvalue weighted by Gasteiger charge is 2.17. The molecule has 19 heavy (non-hydrogen) atoms. The Morgan fingerprint density at radius 1 is 1.32 bits per heavy atom. The maximum Gasteiger partial charge on any atom is 0.0598 e. The molecule has 0 unspecified atom stereocenters. The number of piperidine rings is 1. The summed E-state index contributed by atoms with van der Waals surface area (Å²) in [5.41, 5.74) is 2.85. The molecular weight excluding hydrogens is 232 g/mol. The fourth-order valence-electron chi connectivity index (χ4n) is 2.73. The molecule has 1 fully saturated rings. The Bertz CT molecular complexity index is 425. The molecule has 1 aliphatic rings. The van der Waals surface area contributed by atoms with Crippen LogP contribution in [0.15, 0.2) is 24.3 Å². The van der Waals surface area contributed by atoms with Gasteiger partial charge in [0.05, 0.1) is 6.54 Å². The lowest BCUT2D eigenvalue weighted by Crippen LogP contribution is -2.43. The predicted molar refractivity (Wildman–Crippen MR) is 81.2 cm³/mol. The van der Waals surface area contributed by atoms with Crippen LogP contribution in [0.1, 0.15) is 24.0 Å². The van der Waals surface area contributed by atoms with Crippen LogP contribution in [-0.2, 0) is 6.42 Å². The first-order chi connectivity index (χ1) is 9.29. The van der Waals surface area contributed by atoms with Crippen molar-refractivity contribution in [2.24, 2.45) is 0 Å². The molecule has 0 atom stereocenters. The zero-order valence-electron chi connectivity index (χ0n) is 11.9. The van der Waals surface area contributed by atoms with Crippen LogP contribution in [0.25, 0.3) is 0 Å². The summed E-state index contributed by atoms with van der Waals surface area (Å²) in [6.07, 6.45) is 8.90. The van der Waals surface area contributed by atoms with Crippen molar-refractivity contribution in [1.82, 2.24) is 10.2 Å². The van der Waals surface area contributed by atoms with E-state index in [1.165, 1.54) is 24.0 Å². The molecule has 0 bridgehead atoms. The minimum atomic E-state index is 0.665. The van der Waals surface area contributed by atoms with Crippen LogP contribution in [0, 0.1) is 19.3 Å². The van der Waals surface area contributed by atoms with E-state index in [0.717, 1.165) is 32.6 Å². The quantitative estimate of drug-likeness (QED) is 0.813. The second kappa shape index (κ2) is 7.33. The SMILES string of the molecule is C#CCN1CCC(NCCc2ccccc2C)CC1. The first-order valence-corrected chi connectivity index (χ1v) is 7.23. The lowest BCUT2D eigenvalue weighted by molar-refractivity contribution is 0.218. The lowest BCUT2D eigenvalue weighted by atomic mass is 10.0. The van der Waals surface area contributed by atoms with Crippen molar-refractivity contribution in [3.63, 3.8) is 0 Å². The highest BCUT2D eigenvalue weighted by molar-refractivity contribution is 5.25. The molecule has 0 spiro atoms. The summed E-state index contributed by atoms with van der Waals surface area (Å²) in [7, 11) is 0. The Morgan fingerprint density at radius 3 is 2.74 bits per heavy atom. The van der Waals surface area contributed by atoms with E-state index in [4.69, 9.17) is 6.42 Å². The van der Waals surface area contributed by atoms with Gasteiger partial charge in [-0.1, -0.05) is 30.2 Å². The molecule has 0 aromatic heterocycles. The summed E-state index contributed by atoms with van der Waals surface area (Å²) in [5.74, 6) is 2.73. The van der Waals surface area contributed by atoms with Gasteiger partial charge in [-0.3, -0.25) is 4.90 Å². The Morgan fingerprint density at radius 2 is 2.05 bits per heavy atom. The number of terminal acetylenes is 1. The number of hydrogen-bond donors (Lipinski definition) is 1. The molecule has 0 radical (unpaired) electrons. The second-order valence-corrected chi connectivity index (χ2v) is 5.39. The van der Waals surface area contributed by atoms with Crippen LogP contribution >= 0.6 is 0 Å². The maximum atomic E-state index is 5.35. The Labute approximate surface area is 117 Å². The third-order valence-electron chi connectivity index (χ3n) is 3.99. The van der Waals surface area contributed by atoms with Gasteiger partial charge in [0.2, 0.25) is 0 Å². The number of nitrogens with one attached hydrogen (secondary N) is 1. The van der Waals surface area contributed by atoms with Gasteiger partial charge in [0.1, 0.15) is 0 Å². The number of nitrogens with zero attached hydrogens (tertiary/aromatic N) is 1. The van der Waals surface area contributed by atoms with Crippen LogP contribution in [0.2, 0.25) is 0 Å². The Balaban J connectivity index is 1.67. The lowest BCUT2D eigenvalue weighted by Gasteiger charge is -2.31. The van der Waals surface area contributed by atoms with Crippen molar-refractivity contribution in [2.75, 3.05) is 26.2 Å². The normalized spacial score (nSPS) is 17.3. The molecule has 2 rings (SSSR count). The standard InChI is InChI=1S/C17H24N2/c1-3-12-19-13-9-17(10-14-19)18-11-8-16-7-5-4-6-15(16)2/h1,4-7,17-18H,8-14H2,2H3. The van der Waals surface area contributed by atoms with Crippen molar-refractivity contribution in [1.29, 1.82) is 0 Å². The van der Waals surface area contributed by atoms with Crippen LogP contribution in [0.5, 0.6) is 0 Å². The van der Waals surface area contributed by atoms with Gasteiger partial charge >= 0.3 is 0 Å². The van der Waals surface area contributed by atoms with E-state index in [1.54, 1.807) is 0 Å². The maximum absolute atomic E-state index is 5.35. The van der Waals surface area contributed by atoms with E-state index in [9.17, 15) is 0 Å². The summed E-state index contributed by atoms with van der Waals surface area (Å²) in [4.78, 5) is 2.36. The summed E-state index contributed by atoms with van der Waals surface area (Å²) in [5, 5.41) is 3.68. The summed E-state index contributed by atoms with van der Waals surface area (Å²) in [6, 6.07) is 9.31. The number of benzene rings is 1. The van der Waals surface area contributed by atoms with Gasteiger partial charge in [-0.05, 0) is 43.9 Å². The highest BCUT2D eigenvalue weighted by Crippen LogP contribution is 2.11. The smallest absolute Gasteiger partial charge is 0.0598 e. The average molecular weight is 256 g/mol. The Hall–Kier alpha value is -1.30. The van der Waals surface area contributed by atoms with Gasteiger partial charge in [-0.2, -0.15) is 0 Å². The van der Waals surface area contributed by atoms with Gasteiger partial charge in [0.15, 0.2) is 0 Å². The van der Waals surface area contributed by atoms with Crippen LogP contribution in [0.3, 0.4) is 0 Å². The van der Waals surface area contributed by atoms with E-state index in [-0.39, 0.29) is 0 Å². The third-order valence-corrected chi connectivity index (χ3v) is 3.99. The zero-order valence-corrected chi connectivity index (χ0v) is 11.9. The fourth-order valence-corrected chi connectivity index (χ4v) is 2.73. The highest BCUT2D eigenvalue weighted by atomic mass is 15.1. The van der Waals surface area contributed by atoms with Crippen molar-refractivity contribution in [2.45, 2.75) is 32.2 Å². The van der Waals surface area contributed by atoms with Gasteiger partial charge in [0.25, 0.3) is 0 Å². The summed E-state index contributed by atoms with van der Waals surface area (Å²) < 4.78 is 0. The first-order valence-electron chi connectivity index (χ1n) is 7.23. The molecule has 2 heteroatoms. The number of hydrogen-bond acceptors (Lipinski definition) is 2. The largest absolute Gasteiger partial charge is 0.314 e. The van der Waals surface area contributed by atoms with Crippen LogP contribution in [0.4, 0.5) is 0 Å².